The van der Waals surface area contributed by atoms with Crippen LogP contribution in [-0.4, -0.2) is 41.3 Å². The van der Waals surface area contributed by atoms with E-state index in [1.54, 1.807) is 28.4 Å². The van der Waals surface area contributed by atoms with Gasteiger partial charge in [0.25, 0.3) is 5.91 Å². The third-order valence-electron chi connectivity index (χ3n) is 5.08. The molecule has 5 nitrogen and oxygen atoms in total. The Hall–Kier alpha value is -2.15. The second kappa shape index (κ2) is 8.69. The van der Waals surface area contributed by atoms with Crippen molar-refractivity contribution in [2.24, 2.45) is 0 Å². The number of amides is 2. The number of halogens is 2. The Kier molecular flexibility index (Phi) is 6.04. The number of carbonyl (C=O) groups excluding carboxylic acids is 2. The zero-order valence-corrected chi connectivity index (χ0v) is 17.9. The summed E-state index contributed by atoms with van der Waals surface area (Å²) in [6.45, 7) is 1.28. The molecule has 0 spiro atoms. The largest absolute Gasteiger partial charge is 0.343 e. The molecular formula is C21H19Cl2N3O2S. The van der Waals surface area contributed by atoms with Gasteiger partial charge in [0.05, 0.1) is 32.4 Å². The van der Waals surface area contributed by atoms with Crippen LogP contribution in [-0.2, 0) is 4.79 Å². The molecule has 3 aromatic rings. The first kappa shape index (κ1) is 20.1. The number of carbonyl (C=O) groups is 2. The van der Waals surface area contributed by atoms with Crippen LogP contribution in [0, 0.1) is 0 Å². The average molecular weight is 448 g/mol. The molecule has 29 heavy (non-hydrogen) atoms. The molecule has 0 bridgehead atoms. The van der Waals surface area contributed by atoms with Crippen molar-refractivity contribution in [1.29, 1.82) is 0 Å². The van der Waals surface area contributed by atoms with Gasteiger partial charge < -0.3 is 10.2 Å². The molecule has 1 aliphatic rings. The smallest absolute Gasteiger partial charge is 0.253 e. The maximum absolute atomic E-state index is 12.5. The van der Waals surface area contributed by atoms with Crippen LogP contribution in [0.15, 0.2) is 42.5 Å². The Morgan fingerprint density at radius 2 is 1.90 bits per heavy atom. The summed E-state index contributed by atoms with van der Waals surface area (Å²) in [7, 11) is 0. The molecule has 1 aromatic heterocycles. The van der Waals surface area contributed by atoms with Gasteiger partial charge in [0.2, 0.25) is 5.91 Å². The van der Waals surface area contributed by atoms with E-state index in [1.807, 2.05) is 18.2 Å². The zero-order chi connectivity index (χ0) is 20.4. The van der Waals surface area contributed by atoms with Crippen LogP contribution in [0.25, 0.3) is 10.2 Å². The summed E-state index contributed by atoms with van der Waals surface area (Å²) in [5.74, 6) is -0.102. The van der Waals surface area contributed by atoms with Crippen molar-refractivity contribution in [2.45, 2.75) is 18.8 Å². The Bertz CT molecular complexity index is 1030. The fourth-order valence-electron chi connectivity index (χ4n) is 3.48. The minimum absolute atomic E-state index is 0.0520. The summed E-state index contributed by atoms with van der Waals surface area (Å²) < 4.78 is 1.20. The average Bonchev–Trinajstić information content (AvgIpc) is 3.16. The fourth-order valence-corrected chi connectivity index (χ4v) is 5.11. The van der Waals surface area contributed by atoms with E-state index in [1.165, 1.54) is 10.8 Å². The number of rotatable bonds is 4. The number of likely N-dealkylation sites (tertiary alicyclic amines) is 1. The Labute approximate surface area is 182 Å². The molecule has 1 fully saturated rings. The number of piperidine rings is 1. The van der Waals surface area contributed by atoms with Crippen molar-refractivity contribution < 1.29 is 9.59 Å². The van der Waals surface area contributed by atoms with E-state index < -0.39 is 0 Å². The van der Waals surface area contributed by atoms with E-state index >= 15 is 0 Å². The minimum atomic E-state index is -0.385. The van der Waals surface area contributed by atoms with Gasteiger partial charge in [-0.2, -0.15) is 0 Å². The van der Waals surface area contributed by atoms with Gasteiger partial charge in [-0.1, -0.05) is 35.3 Å². The highest BCUT2D eigenvalue weighted by atomic mass is 35.5. The Morgan fingerprint density at radius 3 is 2.62 bits per heavy atom. The SMILES string of the molecule is O=C(NCC(=O)N1CCC(c2nc3ccccc3s2)CC1)c1ccc(Cl)cc1Cl. The van der Waals surface area contributed by atoms with E-state index in [4.69, 9.17) is 28.2 Å². The van der Waals surface area contributed by atoms with Crippen molar-refractivity contribution in [3.63, 3.8) is 0 Å². The van der Waals surface area contributed by atoms with Crippen LogP contribution < -0.4 is 5.32 Å². The fraction of sp³-hybridized carbons (Fsp3) is 0.286. The highest BCUT2D eigenvalue weighted by Gasteiger charge is 2.26. The lowest BCUT2D eigenvalue weighted by molar-refractivity contribution is -0.131. The van der Waals surface area contributed by atoms with Crippen molar-refractivity contribution in [3.05, 3.63) is 63.1 Å². The lowest BCUT2D eigenvalue weighted by Crippen LogP contribution is -2.43. The summed E-state index contributed by atoms with van der Waals surface area (Å²) >= 11 is 13.6. The molecule has 0 aliphatic carbocycles. The third kappa shape index (κ3) is 4.55. The first-order valence-electron chi connectivity index (χ1n) is 9.38. The molecule has 1 saturated heterocycles. The standard InChI is InChI=1S/C21H19Cl2N3O2S/c22-14-5-6-15(16(23)11-14)20(28)24-12-19(27)26-9-7-13(8-10-26)21-25-17-3-1-2-4-18(17)29-21/h1-6,11,13H,7-10,12H2,(H,24,28). The maximum Gasteiger partial charge on any atom is 0.253 e. The molecule has 0 atom stereocenters. The lowest BCUT2D eigenvalue weighted by atomic mass is 9.97. The zero-order valence-electron chi connectivity index (χ0n) is 15.5. The Balaban J connectivity index is 1.30. The number of para-hydroxylation sites is 1. The van der Waals surface area contributed by atoms with Gasteiger partial charge >= 0.3 is 0 Å². The van der Waals surface area contributed by atoms with Gasteiger partial charge in [0.15, 0.2) is 0 Å². The first-order chi connectivity index (χ1) is 14.0. The van der Waals surface area contributed by atoms with Crippen LogP contribution >= 0.6 is 34.5 Å². The molecule has 150 valence electrons. The summed E-state index contributed by atoms with van der Waals surface area (Å²) in [4.78, 5) is 31.3. The normalized spacial score (nSPS) is 14.9. The van der Waals surface area contributed by atoms with Crippen molar-refractivity contribution in [1.82, 2.24) is 15.2 Å². The van der Waals surface area contributed by atoms with Crippen LogP contribution in [0.3, 0.4) is 0 Å². The molecule has 4 rings (SSSR count). The summed E-state index contributed by atoms with van der Waals surface area (Å²) in [5.41, 5.74) is 1.34. The van der Waals surface area contributed by atoms with Crippen molar-refractivity contribution in [3.8, 4) is 0 Å². The van der Waals surface area contributed by atoms with Crippen molar-refractivity contribution in [2.75, 3.05) is 19.6 Å². The maximum atomic E-state index is 12.5. The molecule has 8 heteroatoms. The van der Waals surface area contributed by atoms with E-state index in [2.05, 4.69) is 11.4 Å². The van der Waals surface area contributed by atoms with Gasteiger partial charge in [0, 0.05) is 24.0 Å². The second-order valence-corrected chi connectivity index (χ2v) is 8.89. The molecule has 2 heterocycles. The Morgan fingerprint density at radius 1 is 1.14 bits per heavy atom. The number of benzene rings is 2. The first-order valence-corrected chi connectivity index (χ1v) is 10.9. The molecular weight excluding hydrogens is 429 g/mol. The number of nitrogens with one attached hydrogen (secondary N) is 1. The van der Waals surface area contributed by atoms with Gasteiger partial charge in [0.1, 0.15) is 0 Å². The predicted octanol–water partition coefficient (Wildman–Crippen LogP) is 4.74. The van der Waals surface area contributed by atoms with E-state index in [0.29, 0.717) is 29.6 Å². The van der Waals surface area contributed by atoms with Gasteiger partial charge in [-0.3, -0.25) is 9.59 Å². The lowest BCUT2D eigenvalue weighted by Gasteiger charge is -2.31. The van der Waals surface area contributed by atoms with E-state index in [-0.39, 0.29) is 23.4 Å². The van der Waals surface area contributed by atoms with Gasteiger partial charge in [-0.05, 0) is 43.2 Å². The van der Waals surface area contributed by atoms with Crippen molar-refractivity contribution >= 4 is 56.6 Å². The molecule has 0 radical (unpaired) electrons. The quantitative estimate of drug-likeness (QED) is 0.627. The molecule has 1 aliphatic heterocycles. The predicted molar refractivity (Wildman–Crippen MR) is 117 cm³/mol. The topological polar surface area (TPSA) is 62.3 Å². The van der Waals surface area contributed by atoms with Crippen LogP contribution in [0.5, 0.6) is 0 Å². The third-order valence-corrected chi connectivity index (χ3v) is 6.83. The summed E-state index contributed by atoms with van der Waals surface area (Å²) in [6, 6.07) is 12.8. The number of aromatic nitrogens is 1. The number of nitrogens with zero attached hydrogens (tertiary/aromatic N) is 2. The number of hydrogen-bond acceptors (Lipinski definition) is 4. The summed E-state index contributed by atoms with van der Waals surface area (Å²) in [5, 5.41) is 4.51. The van der Waals surface area contributed by atoms with Gasteiger partial charge in [-0.25, -0.2) is 4.98 Å². The summed E-state index contributed by atoms with van der Waals surface area (Å²) in [6.07, 6.45) is 1.76. The van der Waals surface area contributed by atoms with Crippen LogP contribution in [0.1, 0.15) is 34.1 Å². The molecule has 0 saturated carbocycles. The highest BCUT2D eigenvalue weighted by Crippen LogP contribution is 2.33. The van der Waals surface area contributed by atoms with Gasteiger partial charge in [-0.15, -0.1) is 11.3 Å². The monoisotopic (exact) mass is 447 g/mol. The van der Waals surface area contributed by atoms with Crippen LogP contribution in [0.4, 0.5) is 0 Å². The molecule has 0 unspecified atom stereocenters. The second-order valence-electron chi connectivity index (χ2n) is 6.98. The highest BCUT2D eigenvalue weighted by molar-refractivity contribution is 7.18. The number of hydrogen-bond donors (Lipinski definition) is 1. The molecule has 2 aromatic carbocycles. The molecule has 1 N–H and O–H groups in total. The van der Waals surface area contributed by atoms with E-state index in [9.17, 15) is 9.59 Å². The molecule has 2 amide bonds. The number of fused-ring (bicyclic) bond motifs is 1. The van der Waals surface area contributed by atoms with Crippen LogP contribution in [0.2, 0.25) is 10.0 Å². The van der Waals surface area contributed by atoms with E-state index in [0.717, 1.165) is 23.4 Å². The number of thiazole rings is 1. The minimum Gasteiger partial charge on any atom is -0.343 e.